The molecule has 26 heavy (non-hydrogen) atoms. The smallest absolute Gasteiger partial charge is 0.224 e. The number of amides is 1. The third-order valence-electron chi connectivity index (χ3n) is 6.04. The number of rotatable bonds is 1. The van der Waals surface area contributed by atoms with Crippen molar-refractivity contribution in [3.05, 3.63) is 24.0 Å². The Kier molecular flexibility index (Phi) is 5.41. The maximum absolute atomic E-state index is 13.5. The van der Waals surface area contributed by atoms with Gasteiger partial charge in [0.1, 0.15) is 11.6 Å². The second kappa shape index (κ2) is 7.92. The number of hydrogen-bond acceptors (Lipinski definition) is 4. The summed E-state index contributed by atoms with van der Waals surface area (Å²) in [5.41, 5.74) is 0.438. The lowest BCUT2D eigenvalue weighted by atomic mass is 9.80. The largest absolute Gasteiger partial charge is 0.491 e. The summed E-state index contributed by atoms with van der Waals surface area (Å²) in [7, 11) is 0. The quantitative estimate of drug-likeness (QED) is 0.834. The Morgan fingerprint density at radius 3 is 2.77 bits per heavy atom. The Morgan fingerprint density at radius 1 is 1.08 bits per heavy atom. The number of piperidine rings is 1. The van der Waals surface area contributed by atoms with Gasteiger partial charge in [0, 0.05) is 38.3 Å². The maximum Gasteiger partial charge on any atom is 0.224 e. The van der Waals surface area contributed by atoms with Crippen LogP contribution in [0.2, 0.25) is 0 Å². The highest BCUT2D eigenvalue weighted by Crippen LogP contribution is 2.34. The molecule has 6 heteroatoms. The predicted molar refractivity (Wildman–Crippen MR) is 96.8 cm³/mol. The molecule has 0 radical (unpaired) electrons. The summed E-state index contributed by atoms with van der Waals surface area (Å²) in [6.45, 7) is 4.38. The first-order chi connectivity index (χ1) is 12.7. The van der Waals surface area contributed by atoms with Gasteiger partial charge in [-0.25, -0.2) is 4.39 Å². The van der Waals surface area contributed by atoms with E-state index in [0.29, 0.717) is 42.3 Å². The lowest BCUT2D eigenvalue weighted by Crippen LogP contribution is -2.48. The zero-order chi connectivity index (χ0) is 17.9. The first kappa shape index (κ1) is 17.7. The Morgan fingerprint density at radius 2 is 1.92 bits per heavy atom. The van der Waals surface area contributed by atoms with Crippen molar-refractivity contribution in [2.45, 2.75) is 38.1 Å². The van der Waals surface area contributed by atoms with Crippen molar-refractivity contribution in [2.24, 2.45) is 11.8 Å². The van der Waals surface area contributed by atoms with Gasteiger partial charge in [-0.2, -0.15) is 0 Å². The van der Waals surface area contributed by atoms with Gasteiger partial charge in [-0.15, -0.1) is 0 Å². The molecule has 0 unspecified atom stereocenters. The van der Waals surface area contributed by atoms with Crippen molar-refractivity contribution in [3.63, 3.8) is 0 Å². The molecule has 2 atom stereocenters. The second-order valence-corrected chi connectivity index (χ2v) is 7.68. The summed E-state index contributed by atoms with van der Waals surface area (Å²) in [4.78, 5) is 15.1. The van der Waals surface area contributed by atoms with E-state index in [1.54, 1.807) is 6.07 Å². The van der Waals surface area contributed by atoms with Gasteiger partial charge in [-0.05, 0) is 56.2 Å². The molecule has 1 aromatic carbocycles. The van der Waals surface area contributed by atoms with Crippen LogP contribution in [0.4, 0.5) is 10.1 Å². The molecular formula is C20H27FN2O3. The highest BCUT2D eigenvalue weighted by molar-refractivity contribution is 5.92. The third kappa shape index (κ3) is 4.01. The number of likely N-dealkylation sites (tertiary alicyclic amines) is 1. The van der Waals surface area contributed by atoms with Crippen LogP contribution in [-0.2, 0) is 9.53 Å². The number of halogens is 1. The van der Waals surface area contributed by atoms with Crippen molar-refractivity contribution in [2.75, 3.05) is 38.2 Å². The number of ether oxygens (including phenoxy) is 2. The molecule has 142 valence electrons. The number of nitrogens with one attached hydrogen (secondary N) is 1. The van der Waals surface area contributed by atoms with E-state index in [-0.39, 0.29) is 11.7 Å². The minimum atomic E-state index is -0.368. The molecule has 5 nitrogen and oxygen atoms in total. The SMILES string of the molecule is O=C1C[C@@H]2CCN(C3CCOCC3)C[C@@H]2CCOc2ccc(F)cc2N1. The van der Waals surface area contributed by atoms with Crippen LogP contribution in [-0.4, -0.2) is 49.8 Å². The first-order valence-electron chi connectivity index (χ1n) is 9.73. The highest BCUT2D eigenvalue weighted by atomic mass is 19.1. The molecule has 1 amide bonds. The molecule has 3 aliphatic heterocycles. The summed E-state index contributed by atoms with van der Waals surface area (Å²) in [6, 6.07) is 4.91. The van der Waals surface area contributed by atoms with Crippen LogP contribution in [0.5, 0.6) is 5.75 Å². The van der Waals surface area contributed by atoms with Crippen LogP contribution >= 0.6 is 0 Å². The van der Waals surface area contributed by atoms with Crippen molar-refractivity contribution < 1.29 is 18.7 Å². The molecule has 0 aliphatic carbocycles. The summed E-state index contributed by atoms with van der Waals surface area (Å²) >= 11 is 0. The molecule has 2 saturated heterocycles. The minimum Gasteiger partial charge on any atom is -0.491 e. The van der Waals surface area contributed by atoms with E-state index in [2.05, 4.69) is 10.2 Å². The van der Waals surface area contributed by atoms with Crippen LogP contribution in [0.1, 0.15) is 32.1 Å². The summed E-state index contributed by atoms with van der Waals surface area (Å²) in [5, 5.41) is 2.84. The minimum absolute atomic E-state index is 0.0446. The van der Waals surface area contributed by atoms with Gasteiger partial charge in [0.05, 0.1) is 12.3 Å². The Hall–Kier alpha value is -1.66. The number of benzene rings is 1. The standard InChI is InChI=1S/C20H27FN2O3/c21-16-1-2-19-18(12-16)22-20(24)11-14-3-7-23(13-15(14)4-10-26-19)17-5-8-25-9-6-17/h1-2,12,14-15,17H,3-11,13H2,(H,22,24)/t14-,15-/m0/s1. The van der Waals surface area contributed by atoms with Gasteiger partial charge >= 0.3 is 0 Å². The van der Waals surface area contributed by atoms with Crippen LogP contribution in [0.15, 0.2) is 18.2 Å². The van der Waals surface area contributed by atoms with Crippen molar-refractivity contribution in [1.82, 2.24) is 4.90 Å². The van der Waals surface area contributed by atoms with E-state index in [1.165, 1.54) is 12.1 Å². The Bertz CT molecular complexity index is 648. The monoisotopic (exact) mass is 362 g/mol. The highest BCUT2D eigenvalue weighted by Gasteiger charge is 2.34. The van der Waals surface area contributed by atoms with E-state index < -0.39 is 0 Å². The average Bonchev–Trinajstić information content (AvgIpc) is 2.65. The molecule has 3 aliphatic rings. The number of carbonyl (C=O) groups is 1. The van der Waals surface area contributed by atoms with Crippen molar-refractivity contribution in [1.29, 1.82) is 0 Å². The summed E-state index contributed by atoms with van der Waals surface area (Å²) < 4.78 is 24.9. The summed E-state index contributed by atoms with van der Waals surface area (Å²) in [5.74, 6) is 0.962. The van der Waals surface area contributed by atoms with Crippen molar-refractivity contribution >= 4 is 11.6 Å². The van der Waals surface area contributed by atoms with E-state index in [4.69, 9.17) is 9.47 Å². The number of carbonyl (C=O) groups excluding carboxylic acids is 1. The molecule has 0 bridgehead atoms. The average molecular weight is 362 g/mol. The second-order valence-electron chi connectivity index (χ2n) is 7.68. The summed E-state index contributed by atoms with van der Waals surface area (Å²) in [6.07, 6.45) is 4.67. The molecule has 0 saturated carbocycles. The number of hydrogen-bond donors (Lipinski definition) is 1. The van der Waals surface area contributed by atoms with Crippen LogP contribution in [0.25, 0.3) is 0 Å². The van der Waals surface area contributed by atoms with E-state index in [9.17, 15) is 9.18 Å². The van der Waals surface area contributed by atoms with Gasteiger partial charge in [-0.1, -0.05) is 0 Å². The van der Waals surface area contributed by atoms with Gasteiger partial charge in [0.15, 0.2) is 0 Å². The normalized spacial score (nSPS) is 28.4. The number of nitrogens with zero attached hydrogens (tertiary/aromatic N) is 1. The fraction of sp³-hybridized carbons (Fsp3) is 0.650. The molecular weight excluding hydrogens is 335 g/mol. The maximum atomic E-state index is 13.5. The van der Waals surface area contributed by atoms with Gasteiger partial charge < -0.3 is 14.8 Å². The number of fused-ring (bicyclic) bond motifs is 2. The van der Waals surface area contributed by atoms with E-state index in [1.807, 2.05) is 0 Å². The fourth-order valence-electron chi connectivity index (χ4n) is 4.57. The van der Waals surface area contributed by atoms with E-state index in [0.717, 1.165) is 52.0 Å². The zero-order valence-corrected chi connectivity index (χ0v) is 15.1. The third-order valence-corrected chi connectivity index (χ3v) is 6.04. The van der Waals surface area contributed by atoms with Gasteiger partial charge in [0.2, 0.25) is 5.91 Å². The molecule has 4 rings (SSSR count). The van der Waals surface area contributed by atoms with Crippen LogP contribution in [0, 0.1) is 17.7 Å². The molecule has 1 N–H and O–H groups in total. The molecule has 3 heterocycles. The first-order valence-corrected chi connectivity index (χ1v) is 9.73. The van der Waals surface area contributed by atoms with Gasteiger partial charge in [0.25, 0.3) is 0 Å². The van der Waals surface area contributed by atoms with Crippen LogP contribution < -0.4 is 10.1 Å². The number of anilines is 1. The van der Waals surface area contributed by atoms with Crippen LogP contribution in [0.3, 0.4) is 0 Å². The van der Waals surface area contributed by atoms with E-state index >= 15 is 0 Å². The fourth-order valence-corrected chi connectivity index (χ4v) is 4.57. The van der Waals surface area contributed by atoms with Gasteiger partial charge in [-0.3, -0.25) is 9.69 Å². The molecule has 0 aromatic heterocycles. The Balaban J connectivity index is 1.46. The zero-order valence-electron chi connectivity index (χ0n) is 15.1. The topological polar surface area (TPSA) is 50.8 Å². The Labute approximate surface area is 153 Å². The lowest BCUT2D eigenvalue weighted by Gasteiger charge is -2.43. The molecule has 1 aromatic rings. The molecule has 0 spiro atoms. The molecule has 2 fully saturated rings. The lowest BCUT2D eigenvalue weighted by molar-refractivity contribution is -0.118. The van der Waals surface area contributed by atoms with Crippen molar-refractivity contribution in [3.8, 4) is 5.75 Å². The predicted octanol–water partition coefficient (Wildman–Crippen LogP) is 3.05.